The Morgan fingerprint density at radius 3 is 2.91 bits per heavy atom. The normalized spacial score (nSPS) is 21.4. The Balaban J connectivity index is 1.56. The Morgan fingerprint density at radius 1 is 1.39 bits per heavy atom. The van der Waals surface area contributed by atoms with Gasteiger partial charge in [0.15, 0.2) is 11.7 Å². The lowest BCUT2D eigenvalue weighted by Crippen LogP contribution is -2.48. The summed E-state index contributed by atoms with van der Waals surface area (Å²) in [5.41, 5.74) is 6.94. The van der Waals surface area contributed by atoms with Crippen LogP contribution in [0.4, 0.5) is 0 Å². The number of hydrogen-bond donors (Lipinski definition) is 1. The Morgan fingerprint density at radius 2 is 2.17 bits per heavy atom. The third-order valence-electron chi connectivity index (χ3n) is 4.40. The molecule has 0 spiro atoms. The van der Waals surface area contributed by atoms with Crippen LogP contribution in [-0.4, -0.2) is 34.4 Å². The second kappa shape index (κ2) is 6.96. The number of carbonyl (C=O) groups is 1. The average Bonchev–Trinajstić information content (AvgIpc) is 3.02. The minimum absolute atomic E-state index is 0.156. The third-order valence-corrected chi connectivity index (χ3v) is 4.40. The van der Waals surface area contributed by atoms with E-state index in [4.69, 9.17) is 10.2 Å². The maximum Gasteiger partial charge on any atom is 0.223 e. The first-order chi connectivity index (χ1) is 11.1. The van der Waals surface area contributed by atoms with Gasteiger partial charge in [0.1, 0.15) is 0 Å². The van der Waals surface area contributed by atoms with Gasteiger partial charge in [0, 0.05) is 37.0 Å². The van der Waals surface area contributed by atoms with E-state index in [1.54, 1.807) is 6.20 Å². The van der Waals surface area contributed by atoms with Crippen molar-refractivity contribution in [2.24, 2.45) is 5.73 Å². The summed E-state index contributed by atoms with van der Waals surface area (Å²) in [4.78, 5) is 18.6. The summed E-state index contributed by atoms with van der Waals surface area (Å²) < 4.78 is 5.75. The predicted octanol–water partition coefficient (Wildman–Crippen LogP) is 2.61. The van der Waals surface area contributed by atoms with Gasteiger partial charge in [0.2, 0.25) is 5.91 Å². The molecule has 2 atom stereocenters. The van der Waals surface area contributed by atoms with Crippen molar-refractivity contribution in [3.8, 4) is 11.3 Å². The second-order valence-corrected chi connectivity index (χ2v) is 6.20. The van der Waals surface area contributed by atoms with Gasteiger partial charge in [-0.2, -0.15) is 0 Å². The molecule has 3 rings (SSSR count). The van der Waals surface area contributed by atoms with Crippen LogP contribution in [0.2, 0.25) is 0 Å². The largest absolute Gasteiger partial charge is 0.441 e. The van der Waals surface area contributed by atoms with Crippen LogP contribution >= 0.6 is 0 Å². The standard InChI is InChI=1S/C18H23N3O2/c1-13-11-15(19)9-10-21(13)18(22)8-7-17-20-12-16(23-17)14-5-3-2-4-6-14/h2-6,12-13,15H,7-11,19H2,1H3/t13-,15-/m0/s1. The molecular formula is C18H23N3O2. The summed E-state index contributed by atoms with van der Waals surface area (Å²) in [5.74, 6) is 1.51. The van der Waals surface area contributed by atoms with Crippen LogP contribution in [0.15, 0.2) is 40.9 Å². The van der Waals surface area contributed by atoms with Crippen LogP contribution in [0.25, 0.3) is 11.3 Å². The number of benzene rings is 1. The zero-order chi connectivity index (χ0) is 16.2. The number of aromatic nitrogens is 1. The van der Waals surface area contributed by atoms with Crippen LogP contribution in [0.5, 0.6) is 0 Å². The van der Waals surface area contributed by atoms with Crippen molar-refractivity contribution in [3.05, 3.63) is 42.4 Å². The van der Waals surface area contributed by atoms with E-state index in [1.807, 2.05) is 35.2 Å². The second-order valence-electron chi connectivity index (χ2n) is 6.20. The summed E-state index contributed by atoms with van der Waals surface area (Å²) >= 11 is 0. The first kappa shape index (κ1) is 15.7. The molecule has 2 aromatic rings. The van der Waals surface area contributed by atoms with Crippen molar-refractivity contribution in [3.63, 3.8) is 0 Å². The van der Waals surface area contributed by atoms with Gasteiger partial charge in [-0.3, -0.25) is 4.79 Å². The molecule has 0 saturated carbocycles. The molecule has 23 heavy (non-hydrogen) atoms. The molecule has 1 aromatic heterocycles. The molecule has 0 bridgehead atoms. The van der Waals surface area contributed by atoms with E-state index in [1.165, 1.54) is 0 Å². The van der Waals surface area contributed by atoms with Crippen LogP contribution in [0, 0.1) is 0 Å². The molecule has 0 aliphatic carbocycles. The van der Waals surface area contributed by atoms with E-state index in [2.05, 4.69) is 11.9 Å². The summed E-state index contributed by atoms with van der Waals surface area (Å²) in [7, 11) is 0. The SMILES string of the molecule is C[C@H]1C[C@@H](N)CCN1C(=O)CCc1ncc(-c2ccccc2)o1. The molecule has 2 heterocycles. The molecular weight excluding hydrogens is 290 g/mol. The lowest BCUT2D eigenvalue weighted by Gasteiger charge is -2.36. The van der Waals surface area contributed by atoms with Gasteiger partial charge < -0.3 is 15.1 Å². The highest BCUT2D eigenvalue weighted by Crippen LogP contribution is 2.21. The number of aryl methyl sites for hydroxylation is 1. The van der Waals surface area contributed by atoms with Gasteiger partial charge in [-0.25, -0.2) is 4.98 Å². The summed E-state index contributed by atoms with van der Waals surface area (Å²) in [6, 6.07) is 10.3. The van der Waals surface area contributed by atoms with E-state index in [-0.39, 0.29) is 18.0 Å². The van der Waals surface area contributed by atoms with Crippen LogP contribution in [0.3, 0.4) is 0 Å². The lowest BCUT2D eigenvalue weighted by atomic mass is 9.98. The fourth-order valence-corrected chi connectivity index (χ4v) is 3.10. The molecule has 0 unspecified atom stereocenters. The highest BCUT2D eigenvalue weighted by molar-refractivity contribution is 5.76. The number of amides is 1. The number of nitrogens with zero attached hydrogens (tertiary/aromatic N) is 2. The first-order valence-electron chi connectivity index (χ1n) is 8.18. The quantitative estimate of drug-likeness (QED) is 0.941. The highest BCUT2D eigenvalue weighted by Gasteiger charge is 2.26. The van der Waals surface area contributed by atoms with E-state index in [0.717, 1.165) is 30.7 Å². The van der Waals surface area contributed by atoms with E-state index < -0.39 is 0 Å². The van der Waals surface area contributed by atoms with Crippen LogP contribution in [0.1, 0.15) is 32.1 Å². The zero-order valence-corrected chi connectivity index (χ0v) is 13.4. The fraction of sp³-hybridized carbons (Fsp3) is 0.444. The smallest absolute Gasteiger partial charge is 0.223 e. The van der Waals surface area contributed by atoms with Gasteiger partial charge >= 0.3 is 0 Å². The van der Waals surface area contributed by atoms with Crippen molar-refractivity contribution in [1.29, 1.82) is 0 Å². The number of piperidine rings is 1. The van der Waals surface area contributed by atoms with Crippen molar-refractivity contribution >= 4 is 5.91 Å². The van der Waals surface area contributed by atoms with E-state index in [0.29, 0.717) is 18.7 Å². The number of nitrogens with two attached hydrogens (primary N) is 1. The first-order valence-corrected chi connectivity index (χ1v) is 8.18. The molecule has 1 saturated heterocycles. The maximum absolute atomic E-state index is 12.4. The maximum atomic E-state index is 12.4. The van der Waals surface area contributed by atoms with E-state index in [9.17, 15) is 4.79 Å². The Kier molecular flexibility index (Phi) is 4.76. The van der Waals surface area contributed by atoms with Gasteiger partial charge in [-0.1, -0.05) is 30.3 Å². The fourth-order valence-electron chi connectivity index (χ4n) is 3.10. The number of rotatable bonds is 4. The number of carbonyl (C=O) groups excluding carboxylic acids is 1. The predicted molar refractivity (Wildman–Crippen MR) is 88.6 cm³/mol. The molecule has 5 heteroatoms. The molecule has 1 aliphatic rings. The van der Waals surface area contributed by atoms with Crippen LogP contribution in [-0.2, 0) is 11.2 Å². The number of likely N-dealkylation sites (tertiary alicyclic amines) is 1. The monoisotopic (exact) mass is 313 g/mol. The van der Waals surface area contributed by atoms with Crippen molar-refractivity contribution in [2.75, 3.05) is 6.54 Å². The Hall–Kier alpha value is -2.14. The molecule has 1 amide bonds. The molecule has 122 valence electrons. The van der Waals surface area contributed by atoms with Crippen molar-refractivity contribution in [2.45, 2.75) is 44.7 Å². The van der Waals surface area contributed by atoms with E-state index >= 15 is 0 Å². The topological polar surface area (TPSA) is 72.4 Å². The summed E-state index contributed by atoms with van der Waals surface area (Å²) in [5, 5.41) is 0. The van der Waals surface area contributed by atoms with Crippen molar-refractivity contribution < 1.29 is 9.21 Å². The highest BCUT2D eigenvalue weighted by atomic mass is 16.4. The zero-order valence-electron chi connectivity index (χ0n) is 13.4. The minimum Gasteiger partial charge on any atom is -0.441 e. The van der Waals surface area contributed by atoms with Crippen molar-refractivity contribution in [1.82, 2.24) is 9.88 Å². The van der Waals surface area contributed by atoms with Crippen LogP contribution < -0.4 is 5.73 Å². The molecule has 1 aliphatic heterocycles. The molecule has 2 N–H and O–H groups in total. The van der Waals surface area contributed by atoms with Gasteiger partial charge in [0.25, 0.3) is 0 Å². The minimum atomic E-state index is 0.156. The average molecular weight is 313 g/mol. The molecule has 1 aromatic carbocycles. The Bertz CT molecular complexity index is 653. The number of oxazole rings is 1. The molecule has 5 nitrogen and oxygen atoms in total. The number of hydrogen-bond acceptors (Lipinski definition) is 4. The summed E-state index contributed by atoms with van der Waals surface area (Å²) in [6.07, 6.45) is 4.43. The lowest BCUT2D eigenvalue weighted by molar-refractivity contribution is -0.134. The summed E-state index contributed by atoms with van der Waals surface area (Å²) in [6.45, 7) is 2.82. The third kappa shape index (κ3) is 3.79. The van der Waals surface area contributed by atoms with Gasteiger partial charge in [-0.05, 0) is 19.8 Å². The molecule has 1 fully saturated rings. The van der Waals surface area contributed by atoms with Gasteiger partial charge in [-0.15, -0.1) is 0 Å². The Labute approximate surface area is 136 Å². The molecule has 0 radical (unpaired) electrons. The van der Waals surface area contributed by atoms with Gasteiger partial charge in [0.05, 0.1) is 6.20 Å².